The van der Waals surface area contributed by atoms with Gasteiger partial charge in [0.25, 0.3) is 5.91 Å². The Labute approximate surface area is 135 Å². The fraction of sp³-hybridized carbons (Fsp3) is 0.500. The molecule has 0 aromatic heterocycles. The van der Waals surface area contributed by atoms with Crippen LogP contribution in [0.1, 0.15) is 44.3 Å². The van der Waals surface area contributed by atoms with E-state index in [1.54, 1.807) is 17.0 Å². The molecule has 0 radical (unpaired) electrons. The number of carbonyl (C=O) groups excluding carboxylic acids is 1. The molecular weight excluding hydrogens is 297 g/mol. The number of halogens is 1. The first kappa shape index (κ1) is 16.0. The molecule has 124 valence electrons. The Bertz CT molecular complexity index is 607. The minimum atomic E-state index is -0.814. The summed E-state index contributed by atoms with van der Waals surface area (Å²) in [4.78, 5) is 14.6. The molecule has 4 nitrogen and oxygen atoms in total. The zero-order valence-corrected chi connectivity index (χ0v) is 13.3. The van der Waals surface area contributed by atoms with E-state index in [9.17, 15) is 14.3 Å². The van der Waals surface area contributed by atoms with Crippen molar-refractivity contribution in [2.24, 2.45) is 0 Å². The van der Waals surface area contributed by atoms with E-state index in [2.05, 4.69) is 0 Å². The van der Waals surface area contributed by atoms with Crippen LogP contribution >= 0.6 is 0 Å². The summed E-state index contributed by atoms with van der Waals surface area (Å²) < 4.78 is 18.5. The number of hydrogen-bond acceptors (Lipinski definition) is 3. The predicted octanol–water partition coefficient (Wildman–Crippen LogP) is 2.93. The van der Waals surface area contributed by atoms with Crippen molar-refractivity contribution in [3.05, 3.63) is 47.0 Å². The van der Waals surface area contributed by atoms with Gasteiger partial charge >= 0.3 is 0 Å². The normalized spacial score (nSPS) is 19.3. The number of amides is 1. The standard InChI is InChI=1S/C18H22FNO3/c1-12-16(3-2-10-23-12)18(22)20(15-8-9-15)11-17(21)13-4-6-14(19)7-5-13/h4-7,15,17,21H,2-3,8-11H2,1H3. The molecule has 1 aliphatic heterocycles. The summed E-state index contributed by atoms with van der Waals surface area (Å²) in [5.74, 6) is 0.324. The highest BCUT2D eigenvalue weighted by Gasteiger charge is 2.36. The first-order valence-electron chi connectivity index (χ1n) is 8.13. The second-order valence-corrected chi connectivity index (χ2v) is 6.24. The third-order valence-corrected chi connectivity index (χ3v) is 4.45. The molecular formula is C18H22FNO3. The van der Waals surface area contributed by atoms with Gasteiger partial charge in [0.15, 0.2) is 0 Å². The van der Waals surface area contributed by atoms with E-state index >= 15 is 0 Å². The molecule has 23 heavy (non-hydrogen) atoms. The first-order valence-corrected chi connectivity index (χ1v) is 8.13. The summed E-state index contributed by atoms with van der Waals surface area (Å²) in [5, 5.41) is 10.4. The molecule has 1 saturated carbocycles. The van der Waals surface area contributed by atoms with Gasteiger partial charge in [0, 0.05) is 6.04 Å². The molecule has 1 unspecified atom stereocenters. The monoisotopic (exact) mass is 319 g/mol. The summed E-state index contributed by atoms with van der Waals surface area (Å²) in [6, 6.07) is 5.96. The van der Waals surface area contributed by atoms with Gasteiger partial charge in [0.05, 0.1) is 24.8 Å². The maximum atomic E-state index is 13.0. The summed E-state index contributed by atoms with van der Waals surface area (Å²) in [6.07, 6.45) is 2.69. The van der Waals surface area contributed by atoms with E-state index in [-0.39, 0.29) is 24.3 Å². The lowest BCUT2D eigenvalue weighted by atomic mass is 10.0. The van der Waals surface area contributed by atoms with E-state index in [1.807, 2.05) is 6.92 Å². The number of allylic oxidation sites excluding steroid dienone is 1. The number of aliphatic hydroxyl groups excluding tert-OH is 1. The SMILES string of the molecule is CC1=C(C(=O)N(CC(O)c2ccc(F)cc2)C2CC2)CCCO1. The Morgan fingerprint density at radius 1 is 1.39 bits per heavy atom. The third kappa shape index (κ3) is 3.72. The van der Waals surface area contributed by atoms with Gasteiger partial charge in [0.2, 0.25) is 0 Å². The van der Waals surface area contributed by atoms with E-state index in [0.29, 0.717) is 17.9 Å². The fourth-order valence-corrected chi connectivity index (χ4v) is 2.93. The quantitative estimate of drug-likeness (QED) is 0.908. The van der Waals surface area contributed by atoms with Crippen molar-refractivity contribution in [1.82, 2.24) is 4.90 Å². The second-order valence-electron chi connectivity index (χ2n) is 6.24. The maximum Gasteiger partial charge on any atom is 0.253 e. The van der Waals surface area contributed by atoms with Crippen LogP contribution in [0, 0.1) is 5.82 Å². The topological polar surface area (TPSA) is 49.8 Å². The molecule has 3 rings (SSSR count). The van der Waals surface area contributed by atoms with Crippen LogP contribution in [0.2, 0.25) is 0 Å². The lowest BCUT2D eigenvalue weighted by Crippen LogP contribution is -2.38. The van der Waals surface area contributed by atoms with Gasteiger partial charge in [-0.05, 0) is 50.3 Å². The highest BCUT2D eigenvalue weighted by Crippen LogP contribution is 2.32. The highest BCUT2D eigenvalue weighted by molar-refractivity contribution is 5.94. The largest absolute Gasteiger partial charge is 0.498 e. The molecule has 1 N–H and O–H groups in total. The lowest BCUT2D eigenvalue weighted by Gasteiger charge is -2.28. The molecule has 2 aliphatic rings. The molecule has 1 amide bonds. The Morgan fingerprint density at radius 2 is 2.09 bits per heavy atom. The molecule has 0 saturated heterocycles. The zero-order chi connectivity index (χ0) is 16.4. The molecule has 0 spiro atoms. The lowest BCUT2D eigenvalue weighted by molar-refractivity contribution is -0.130. The third-order valence-electron chi connectivity index (χ3n) is 4.45. The van der Waals surface area contributed by atoms with E-state index in [1.165, 1.54) is 12.1 Å². The van der Waals surface area contributed by atoms with Crippen molar-refractivity contribution in [3.63, 3.8) is 0 Å². The average molecular weight is 319 g/mol. The van der Waals surface area contributed by atoms with Crippen LogP contribution in [0.5, 0.6) is 0 Å². The number of carbonyl (C=O) groups is 1. The van der Waals surface area contributed by atoms with Crippen molar-refractivity contribution >= 4 is 5.91 Å². The van der Waals surface area contributed by atoms with Crippen LogP contribution in [-0.2, 0) is 9.53 Å². The summed E-state index contributed by atoms with van der Waals surface area (Å²) in [7, 11) is 0. The van der Waals surface area contributed by atoms with Crippen LogP contribution < -0.4 is 0 Å². The highest BCUT2D eigenvalue weighted by atomic mass is 19.1. The number of rotatable bonds is 5. The minimum Gasteiger partial charge on any atom is -0.498 e. The van der Waals surface area contributed by atoms with E-state index in [0.717, 1.165) is 31.3 Å². The Hall–Kier alpha value is -1.88. The maximum absolute atomic E-state index is 13.0. The van der Waals surface area contributed by atoms with Gasteiger partial charge in [-0.2, -0.15) is 0 Å². The number of benzene rings is 1. The Balaban J connectivity index is 1.74. The van der Waals surface area contributed by atoms with Crippen molar-refractivity contribution < 1.29 is 19.0 Å². The number of nitrogens with zero attached hydrogens (tertiary/aromatic N) is 1. The molecule has 1 atom stereocenters. The Kier molecular flexibility index (Phi) is 4.66. The van der Waals surface area contributed by atoms with Gasteiger partial charge in [-0.3, -0.25) is 4.79 Å². The summed E-state index contributed by atoms with van der Waals surface area (Å²) in [5.41, 5.74) is 1.34. The van der Waals surface area contributed by atoms with Gasteiger partial charge < -0.3 is 14.7 Å². The number of aliphatic hydroxyl groups is 1. The molecule has 1 heterocycles. The van der Waals surface area contributed by atoms with Gasteiger partial charge in [-0.15, -0.1) is 0 Å². The van der Waals surface area contributed by atoms with Crippen LogP contribution in [0.15, 0.2) is 35.6 Å². The predicted molar refractivity (Wildman–Crippen MR) is 84.0 cm³/mol. The number of hydrogen-bond donors (Lipinski definition) is 1. The molecule has 0 bridgehead atoms. The number of ether oxygens (including phenoxy) is 1. The van der Waals surface area contributed by atoms with E-state index < -0.39 is 6.10 Å². The van der Waals surface area contributed by atoms with Crippen LogP contribution in [0.25, 0.3) is 0 Å². The van der Waals surface area contributed by atoms with Crippen LogP contribution in [0.3, 0.4) is 0 Å². The van der Waals surface area contributed by atoms with Crippen LogP contribution in [-0.4, -0.2) is 35.1 Å². The smallest absolute Gasteiger partial charge is 0.253 e. The molecule has 5 heteroatoms. The first-order chi connectivity index (χ1) is 11.1. The Morgan fingerprint density at radius 3 is 2.70 bits per heavy atom. The molecule has 1 fully saturated rings. The summed E-state index contributed by atoms with van der Waals surface area (Å²) in [6.45, 7) is 2.71. The average Bonchev–Trinajstić information content (AvgIpc) is 3.37. The molecule has 1 aliphatic carbocycles. The van der Waals surface area contributed by atoms with Gasteiger partial charge in [-0.1, -0.05) is 12.1 Å². The summed E-state index contributed by atoms with van der Waals surface area (Å²) >= 11 is 0. The van der Waals surface area contributed by atoms with Gasteiger partial charge in [0.1, 0.15) is 11.6 Å². The van der Waals surface area contributed by atoms with Crippen molar-refractivity contribution in [1.29, 1.82) is 0 Å². The fourth-order valence-electron chi connectivity index (χ4n) is 2.93. The van der Waals surface area contributed by atoms with Crippen molar-refractivity contribution in [3.8, 4) is 0 Å². The van der Waals surface area contributed by atoms with Crippen LogP contribution in [0.4, 0.5) is 4.39 Å². The van der Waals surface area contributed by atoms with Crippen molar-refractivity contribution in [2.75, 3.05) is 13.2 Å². The molecule has 1 aromatic carbocycles. The van der Waals surface area contributed by atoms with Crippen molar-refractivity contribution in [2.45, 2.75) is 44.8 Å². The van der Waals surface area contributed by atoms with E-state index in [4.69, 9.17) is 4.74 Å². The zero-order valence-electron chi connectivity index (χ0n) is 13.3. The molecule has 1 aromatic rings. The second kappa shape index (κ2) is 6.71. The van der Waals surface area contributed by atoms with Gasteiger partial charge in [-0.25, -0.2) is 4.39 Å². The minimum absolute atomic E-state index is 0.0362.